The monoisotopic (exact) mass is 188 g/mol. The topological polar surface area (TPSA) is 55.6 Å². The minimum absolute atomic E-state index is 0.00634. The maximum atomic E-state index is 11.1. The van der Waals surface area contributed by atoms with E-state index >= 15 is 0 Å². The fourth-order valence-electron chi connectivity index (χ4n) is 1.10. The maximum Gasteiger partial charge on any atom is 0.410 e. The van der Waals surface area contributed by atoms with Crippen molar-refractivity contribution in [2.45, 2.75) is 19.4 Å². The highest BCUT2D eigenvalue weighted by Crippen LogP contribution is 2.12. The molecule has 0 aliphatic carbocycles. The summed E-state index contributed by atoms with van der Waals surface area (Å²) in [7, 11) is 0. The van der Waals surface area contributed by atoms with Crippen LogP contribution in [0.1, 0.15) is 13.3 Å². The number of rotatable bonds is 3. The number of cyclic esters (lactones) is 1. The summed E-state index contributed by atoms with van der Waals surface area (Å²) in [4.78, 5) is 12.9. The largest absolute Gasteiger partial charge is 0.444 e. The Balaban J connectivity index is 2.46. The van der Waals surface area contributed by atoms with E-state index in [4.69, 9.17) is 10.5 Å². The van der Waals surface area contributed by atoms with Gasteiger partial charge in [0.15, 0.2) is 0 Å². The number of nitrogens with two attached hydrogens (primary N) is 1. The number of thiocarbonyl (C=S) groups is 1. The third-order valence-electron chi connectivity index (χ3n) is 1.75. The molecular weight excluding hydrogens is 176 g/mol. The van der Waals surface area contributed by atoms with Gasteiger partial charge in [-0.05, 0) is 6.42 Å². The Bertz CT molecular complexity index is 208. The molecule has 1 aliphatic heterocycles. The van der Waals surface area contributed by atoms with Crippen molar-refractivity contribution in [2.24, 2.45) is 5.73 Å². The third kappa shape index (κ3) is 2.07. The van der Waals surface area contributed by atoms with Gasteiger partial charge in [-0.1, -0.05) is 19.1 Å². The van der Waals surface area contributed by atoms with Crippen LogP contribution in [0.15, 0.2) is 0 Å². The lowest BCUT2D eigenvalue weighted by atomic mass is 10.3. The summed E-state index contributed by atoms with van der Waals surface area (Å²) in [5.41, 5.74) is 5.30. The normalized spacial score (nSPS) is 22.6. The maximum absolute atomic E-state index is 11.1. The van der Waals surface area contributed by atoms with Gasteiger partial charge in [-0.3, -0.25) is 4.90 Å². The molecule has 5 heteroatoms. The molecular formula is C7H12N2O2S. The van der Waals surface area contributed by atoms with Crippen LogP contribution in [0.4, 0.5) is 4.79 Å². The van der Waals surface area contributed by atoms with Crippen molar-refractivity contribution in [2.75, 3.05) is 13.1 Å². The highest BCUT2D eigenvalue weighted by atomic mass is 32.1. The molecule has 68 valence electrons. The molecule has 0 aromatic rings. The van der Waals surface area contributed by atoms with E-state index in [2.05, 4.69) is 12.2 Å². The Morgan fingerprint density at radius 2 is 2.58 bits per heavy atom. The summed E-state index contributed by atoms with van der Waals surface area (Å²) in [6.45, 7) is 2.90. The number of amides is 1. The number of carbonyl (C=O) groups excluding carboxylic acids is 1. The summed E-state index contributed by atoms with van der Waals surface area (Å²) in [6.07, 6.45) is 0.529. The quantitative estimate of drug-likeness (QED) is 0.655. The van der Waals surface area contributed by atoms with Crippen LogP contribution in [0.25, 0.3) is 0 Å². The van der Waals surface area contributed by atoms with Crippen molar-refractivity contribution in [3.8, 4) is 0 Å². The summed E-state index contributed by atoms with van der Waals surface area (Å²) in [5, 5.41) is 0. The van der Waals surface area contributed by atoms with Gasteiger partial charge in [-0.15, -0.1) is 0 Å². The first-order chi connectivity index (χ1) is 5.63. The molecule has 1 rings (SSSR count). The van der Waals surface area contributed by atoms with Crippen molar-refractivity contribution in [1.29, 1.82) is 0 Å². The SMILES string of the molecule is CCC1CN(CC(N)=S)C(=O)O1. The van der Waals surface area contributed by atoms with E-state index in [1.165, 1.54) is 4.90 Å². The van der Waals surface area contributed by atoms with Gasteiger partial charge in [-0.25, -0.2) is 4.79 Å². The lowest BCUT2D eigenvalue weighted by Crippen LogP contribution is -2.33. The Labute approximate surface area is 76.7 Å². The first-order valence-electron chi connectivity index (χ1n) is 3.87. The molecule has 0 aromatic carbocycles. The lowest BCUT2D eigenvalue weighted by Gasteiger charge is -2.10. The molecule has 1 atom stereocenters. The van der Waals surface area contributed by atoms with Crippen LogP contribution in [-0.4, -0.2) is 35.2 Å². The molecule has 1 saturated heterocycles. The molecule has 1 unspecified atom stereocenters. The molecule has 1 heterocycles. The highest BCUT2D eigenvalue weighted by molar-refractivity contribution is 7.80. The molecule has 0 spiro atoms. The molecule has 1 aliphatic rings. The number of nitrogens with zero attached hydrogens (tertiary/aromatic N) is 1. The summed E-state index contributed by atoms with van der Waals surface area (Å²) < 4.78 is 5.00. The second-order valence-corrected chi connectivity index (χ2v) is 3.29. The zero-order valence-corrected chi connectivity index (χ0v) is 7.76. The van der Waals surface area contributed by atoms with E-state index in [0.717, 1.165) is 6.42 Å². The van der Waals surface area contributed by atoms with Crippen LogP contribution >= 0.6 is 12.2 Å². The van der Waals surface area contributed by atoms with Crippen LogP contribution in [0, 0.1) is 0 Å². The zero-order chi connectivity index (χ0) is 9.14. The molecule has 0 radical (unpaired) electrons. The summed E-state index contributed by atoms with van der Waals surface area (Å²) >= 11 is 4.69. The standard InChI is InChI=1S/C7H12N2O2S/c1-2-5-3-9(4-6(8)12)7(10)11-5/h5H,2-4H2,1H3,(H2,8,12). The van der Waals surface area contributed by atoms with Crippen molar-refractivity contribution >= 4 is 23.3 Å². The van der Waals surface area contributed by atoms with E-state index in [-0.39, 0.29) is 12.2 Å². The van der Waals surface area contributed by atoms with Crippen molar-refractivity contribution in [3.63, 3.8) is 0 Å². The van der Waals surface area contributed by atoms with Gasteiger partial charge in [0.05, 0.1) is 18.1 Å². The predicted molar refractivity (Wildman–Crippen MR) is 48.9 cm³/mol. The van der Waals surface area contributed by atoms with E-state index in [0.29, 0.717) is 18.1 Å². The Morgan fingerprint density at radius 3 is 3.00 bits per heavy atom. The predicted octanol–water partition coefficient (Wildman–Crippen LogP) is 0.503. The van der Waals surface area contributed by atoms with Gasteiger partial charge in [0.25, 0.3) is 0 Å². The fraction of sp³-hybridized carbons (Fsp3) is 0.714. The molecule has 1 amide bonds. The summed E-state index contributed by atoms with van der Waals surface area (Å²) in [6, 6.07) is 0. The number of hydrogen-bond donors (Lipinski definition) is 1. The van der Waals surface area contributed by atoms with Crippen LogP contribution in [0.3, 0.4) is 0 Å². The summed E-state index contributed by atoms with van der Waals surface area (Å²) in [5.74, 6) is 0. The lowest BCUT2D eigenvalue weighted by molar-refractivity contribution is 0.132. The van der Waals surface area contributed by atoms with Gasteiger partial charge in [0, 0.05) is 0 Å². The minimum Gasteiger partial charge on any atom is -0.444 e. The average Bonchev–Trinajstić information content (AvgIpc) is 2.31. The Morgan fingerprint density at radius 1 is 1.92 bits per heavy atom. The fourth-order valence-corrected chi connectivity index (χ4v) is 1.26. The first kappa shape index (κ1) is 9.25. The molecule has 1 fully saturated rings. The third-order valence-corrected chi connectivity index (χ3v) is 1.88. The molecule has 4 nitrogen and oxygen atoms in total. The number of carbonyl (C=O) groups is 1. The molecule has 12 heavy (non-hydrogen) atoms. The van der Waals surface area contributed by atoms with E-state index in [1.807, 2.05) is 6.92 Å². The van der Waals surface area contributed by atoms with Crippen LogP contribution in [0.5, 0.6) is 0 Å². The van der Waals surface area contributed by atoms with Crippen LogP contribution < -0.4 is 5.73 Å². The van der Waals surface area contributed by atoms with Crippen molar-refractivity contribution in [3.05, 3.63) is 0 Å². The van der Waals surface area contributed by atoms with Gasteiger partial charge in [0.1, 0.15) is 6.10 Å². The van der Waals surface area contributed by atoms with Gasteiger partial charge in [-0.2, -0.15) is 0 Å². The van der Waals surface area contributed by atoms with E-state index in [1.54, 1.807) is 0 Å². The van der Waals surface area contributed by atoms with Crippen LogP contribution in [-0.2, 0) is 4.74 Å². The first-order valence-corrected chi connectivity index (χ1v) is 4.28. The smallest absolute Gasteiger partial charge is 0.410 e. The second-order valence-electron chi connectivity index (χ2n) is 2.76. The van der Waals surface area contributed by atoms with E-state index < -0.39 is 0 Å². The van der Waals surface area contributed by atoms with Crippen LogP contribution in [0.2, 0.25) is 0 Å². The Hall–Kier alpha value is -0.840. The second kappa shape index (κ2) is 3.71. The van der Waals surface area contributed by atoms with Gasteiger partial charge >= 0.3 is 6.09 Å². The minimum atomic E-state index is -0.311. The van der Waals surface area contributed by atoms with Crippen molar-refractivity contribution in [1.82, 2.24) is 4.90 Å². The highest BCUT2D eigenvalue weighted by Gasteiger charge is 2.29. The average molecular weight is 188 g/mol. The Kier molecular flexibility index (Phi) is 2.86. The van der Waals surface area contributed by atoms with Gasteiger partial charge < -0.3 is 10.5 Å². The number of ether oxygens (including phenoxy) is 1. The number of hydrogen-bond acceptors (Lipinski definition) is 3. The van der Waals surface area contributed by atoms with E-state index in [9.17, 15) is 4.79 Å². The molecule has 0 aromatic heterocycles. The molecule has 0 bridgehead atoms. The molecule has 0 saturated carbocycles. The zero-order valence-electron chi connectivity index (χ0n) is 6.95. The van der Waals surface area contributed by atoms with Crippen molar-refractivity contribution < 1.29 is 9.53 Å². The van der Waals surface area contributed by atoms with Gasteiger partial charge in [0.2, 0.25) is 0 Å². The molecule has 2 N–H and O–H groups in total.